The molecule has 9 heteroatoms. The lowest BCUT2D eigenvalue weighted by Gasteiger charge is -2.18. The maximum absolute atomic E-state index is 14.2. The van der Waals surface area contributed by atoms with Crippen molar-refractivity contribution in [2.45, 2.75) is 59.5 Å². The number of nitrogens with one attached hydrogen (secondary N) is 2. The zero-order chi connectivity index (χ0) is 26.1. The van der Waals surface area contributed by atoms with Gasteiger partial charge in [-0.2, -0.15) is 4.98 Å². The Kier molecular flexibility index (Phi) is 6.95. The van der Waals surface area contributed by atoms with Crippen molar-refractivity contribution in [2.24, 2.45) is 5.92 Å². The lowest BCUT2D eigenvalue weighted by atomic mass is 10.1. The minimum Gasteiger partial charge on any atom is -0.478 e. The highest BCUT2D eigenvalue weighted by Gasteiger charge is 2.25. The van der Waals surface area contributed by atoms with E-state index in [4.69, 9.17) is 14.1 Å². The van der Waals surface area contributed by atoms with Crippen LogP contribution in [0.5, 0.6) is 5.88 Å². The first-order valence-corrected chi connectivity index (χ1v) is 12.7. The first kappa shape index (κ1) is 24.9. The third-order valence-corrected chi connectivity index (χ3v) is 6.80. The van der Waals surface area contributed by atoms with Gasteiger partial charge in [-0.3, -0.25) is 0 Å². The van der Waals surface area contributed by atoms with Crippen LogP contribution in [0.4, 0.5) is 20.5 Å². The summed E-state index contributed by atoms with van der Waals surface area (Å²) >= 11 is 0. The number of ether oxygens (including phenoxy) is 1. The van der Waals surface area contributed by atoms with Gasteiger partial charge in [0.1, 0.15) is 23.2 Å². The van der Waals surface area contributed by atoms with Gasteiger partial charge in [-0.25, -0.2) is 18.7 Å². The smallest absolute Gasteiger partial charge is 0.225 e. The molecule has 1 aromatic carbocycles. The van der Waals surface area contributed by atoms with Crippen LogP contribution in [-0.4, -0.2) is 27.6 Å². The summed E-state index contributed by atoms with van der Waals surface area (Å²) in [7, 11) is 0. The standard InChI is InChI=1S/C28H31F2N5O2/c1-5-36-24-13-18-12-23(37-26(18)17(4)32-24)25-16(3)33-28(31-14-20-21(29)7-6-8-22(20)30)35-27(25)34-19-10-9-15(2)11-19/h6-8,12-13,15,19H,5,9-11,14H2,1-4H3,(H2,31,33,34,35). The molecule has 0 spiro atoms. The van der Waals surface area contributed by atoms with Gasteiger partial charge < -0.3 is 19.8 Å². The highest BCUT2D eigenvalue weighted by atomic mass is 19.1. The average Bonchev–Trinajstić information content (AvgIpc) is 3.45. The normalized spacial score (nSPS) is 17.4. The number of benzene rings is 1. The molecule has 2 atom stereocenters. The van der Waals surface area contributed by atoms with E-state index in [1.807, 2.05) is 32.9 Å². The zero-order valence-corrected chi connectivity index (χ0v) is 21.5. The Morgan fingerprint density at radius 1 is 1.05 bits per heavy atom. The van der Waals surface area contributed by atoms with E-state index >= 15 is 0 Å². The lowest BCUT2D eigenvalue weighted by Crippen LogP contribution is -2.18. The van der Waals surface area contributed by atoms with E-state index in [1.54, 1.807) is 0 Å². The van der Waals surface area contributed by atoms with E-state index in [0.29, 0.717) is 41.3 Å². The van der Waals surface area contributed by atoms with E-state index in [9.17, 15) is 8.78 Å². The predicted molar refractivity (Wildman–Crippen MR) is 140 cm³/mol. The Morgan fingerprint density at radius 3 is 2.54 bits per heavy atom. The van der Waals surface area contributed by atoms with Gasteiger partial charge in [-0.05, 0) is 64.2 Å². The van der Waals surface area contributed by atoms with Crippen LogP contribution in [0.2, 0.25) is 0 Å². The summed E-state index contributed by atoms with van der Waals surface area (Å²) < 4.78 is 40.2. The van der Waals surface area contributed by atoms with Crippen molar-refractivity contribution < 1.29 is 17.9 Å². The molecule has 7 nitrogen and oxygen atoms in total. The fourth-order valence-electron chi connectivity index (χ4n) is 4.97. The van der Waals surface area contributed by atoms with Crippen molar-refractivity contribution in [3.05, 3.63) is 58.9 Å². The van der Waals surface area contributed by atoms with E-state index < -0.39 is 11.6 Å². The van der Waals surface area contributed by atoms with Gasteiger partial charge >= 0.3 is 0 Å². The second-order valence-corrected chi connectivity index (χ2v) is 9.68. The Labute approximate surface area is 214 Å². The molecule has 3 aromatic heterocycles. The minimum absolute atomic E-state index is 0.0580. The molecule has 1 aliphatic carbocycles. The van der Waals surface area contributed by atoms with Crippen molar-refractivity contribution in [1.82, 2.24) is 15.0 Å². The molecule has 0 saturated heterocycles. The number of furan rings is 1. The Balaban J connectivity index is 1.53. The third kappa shape index (κ3) is 5.21. The molecule has 3 heterocycles. The SMILES string of the molecule is CCOc1cc2cc(-c3c(C)nc(NCc4c(F)cccc4F)nc3NC3CCC(C)C3)oc2c(C)n1. The van der Waals surface area contributed by atoms with Crippen molar-refractivity contribution in [2.75, 3.05) is 17.2 Å². The van der Waals surface area contributed by atoms with Gasteiger partial charge in [-0.15, -0.1) is 0 Å². The number of pyridine rings is 1. The molecule has 1 aliphatic rings. The van der Waals surface area contributed by atoms with E-state index in [2.05, 4.69) is 27.5 Å². The molecule has 2 N–H and O–H groups in total. The molecule has 5 rings (SSSR count). The number of nitrogens with zero attached hydrogens (tertiary/aromatic N) is 3. The number of halogens is 2. The molecule has 0 amide bonds. The topological polar surface area (TPSA) is 85.1 Å². The summed E-state index contributed by atoms with van der Waals surface area (Å²) in [5.41, 5.74) is 2.77. The number of aryl methyl sites for hydroxylation is 2. The quantitative estimate of drug-likeness (QED) is 0.272. The fourth-order valence-corrected chi connectivity index (χ4v) is 4.97. The minimum atomic E-state index is -0.614. The van der Waals surface area contributed by atoms with Crippen molar-refractivity contribution in [1.29, 1.82) is 0 Å². The Bertz CT molecular complexity index is 1420. The summed E-state index contributed by atoms with van der Waals surface area (Å²) in [4.78, 5) is 13.8. The maximum atomic E-state index is 14.2. The fraction of sp³-hybridized carbons (Fsp3) is 0.393. The largest absolute Gasteiger partial charge is 0.478 e. The summed E-state index contributed by atoms with van der Waals surface area (Å²) in [6, 6.07) is 7.88. The Hall–Kier alpha value is -3.75. The molecule has 4 aromatic rings. The van der Waals surface area contributed by atoms with Gasteiger partial charge in [-0.1, -0.05) is 13.0 Å². The monoisotopic (exact) mass is 507 g/mol. The molecule has 0 aliphatic heterocycles. The second-order valence-electron chi connectivity index (χ2n) is 9.68. The highest BCUT2D eigenvalue weighted by Crippen LogP contribution is 2.38. The van der Waals surface area contributed by atoms with Crippen LogP contribution in [0.15, 0.2) is 34.7 Å². The molecule has 1 fully saturated rings. The molecule has 1 saturated carbocycles. The van der Waals surface area contributed by atoms with Crippen LogP contribution >= 0.6 is 0 Å². The Morgan fingerprint density at radius 2 is 1.84 bits per heavy atom. The summed E-state index contributed by atoms with van der Waals surface area (Å²) in [5, 5.41) is 7.46. The van der Waals surface area contributed by atoms with E-state index in [0.717, 1.165) is 35.9 Å². The van der Waals surface area contributed by atoms with Crippen molar-refractivity contribution in [3.63, 3.8) is 0 Å². The number of fused-ring (bicyclic) bond motifs is 1. The molecular formula is C28H31F2N5O2. The van der Waals surface area contributed by atoms with Crippen LogP contribution in [0, 0.1) is 31.4 Å². The van der Waals surface area contributed by atoms with Crippen LogP contribution in [-0.2, 0) is 6.54 Å². The summed E-state index contributed by atoms with van der Waals surface area (Å²) in [5.74, 6) is 1.47. The molecule has 0 radical (unpaired) electrons. The summed E-state index contributed by atoms with van der Waals surface area (Å²) in [6.45, 7) is 8.37. The van der Waals surface area contributed by atoms with Crippen LogP contribution in [0.25, 0.3) is 22.3 Å². The van der Waals surface area contributed by atoms with Gasteiger partial charge in [0, 0.05) is 29.6 Å². The van der Waals surface area contributed by atoms with E-state index in [-0.39, 0.29) is 24.1 Å². The van der Waals surface area contributed by atoms with Crippen molar-refractivity contribution in [3.8, 4) is 17.2 Å². The molecule has 194 valence electrons. The average molecular weight is 508 g/mol. The van der Waals surface area contributed by atoms with Gasteiger partial charge in [0.05, 0.1) is 23.6 Å². The zero-order valence-electron chi connectivity index (χ0n) is 21.5. The second kappa shape index (κ2) is 10.3. The first-order chi connectivity index (χ1) is 17.8. The number of aromatic nitrogens is 3. The third-order valence-electron chi connectivity index (χ3n) is 6.80. The van der Waals surface area contributed by atoms with E-state index in [1.165, 1.54) is 18.2 Å². The van der Waals surface area contributed by atoms with Crippen molar-refractivity contribution >= 4 is 22.7 Å². The van der Waals surface area contributed by atoms with Crippen LogP contribution < -0.4 is 15.4 Å². The first-order valence-electron chi connectivity index (χ1n) is 12.7. The van der Waals surface area contributed by atoms with Crippen LogP contribution in [0.3, 0.4) is 0 Å². The number of anilines is 2. The predicted octanol–water partition coefficient (Wildman–Crippen LogP) is 6.79. The van der Waals surface area contributed by atoms with Gasteiger partial charge in [0.2, 0.25) is 11.8 Å². The molecule has 2 unspecified atom stereocenters. The number of hydrogen-bond donors (Lipinski definition) is 2. The highest BCUT2D eigenvalue weighted by molar-refractivity contribution is 5.88. The maximum Gasteiger partial charge on any atom is 0.225 e. The molecule has 0 bridgehead atoms. The molecular weight excluding hydrogens is 476 g/mol. The van der Waals surface area contributed by atoms with Crippen LogP contribution in [0.1, 0.15) is 50.1 Å². The lowest BCUT2D eigenvalue weighted by molar-refractivity contribution is 0.326. The summed E-state index contributed by atoms with van der Waals surface area (Å²) in [6.07, 6.45) is 3.21. The molecule has 37 heavy (non-hydrogen) atoms. The number of hydrogen-bond acceptors (Lipinski definition) is 7. The van der Waals surface area contributed by atoms with Gasteiger partial charge in [0.15, 0.2) is 5.58 Å². The number of rotatable bonds is 8. The van der Waals surface area contributed by atoms with Gasteiger partial charge in [0.25, 0.3) is 0 Å².